The Balaban J connectivity index is 3.03. The zero-order chi connectivity index (χ0) is 23.2. The van der Waals surface area contributed by atoms with Crippen molar-refractivity contribution in [2.24, 2.45) is 0 Å². The van der Waals surface area contributed by atoms with Crippen LogP contribution in [0, 0.1) is 0 Å². The SMILES string of the molecule is C=CC[C@@H](C[C@@H](CCc1ccccc1)O[Si](C)(C)C(C)(C)C)O[Si](C)(C)C(C)(C)C. The Morgan fingerprint density at radius 1 is 0.833 bits per heavy atom. The van der Waals surface area contributed by atoms with E-state index in [9.17, 15) is 0 Å². The van der Waals surface area contributed by atoms with Crippen LogP contribution in [0.2, 0.25) is 36.3 Å². The Bertz CT molecular complexity index is 639. The highest BCUT2D eigenvalue weighted by atomic mass is 28.4. The van der Waals surface area contributed by atoms with E-state index in [1.54, 1.807) is 0 Å². The first-order valence-electron chi connectivity index (χ1n) is 11.6. The number of aryl methyl sites for hydroxylation is 1. The van der Waals surface area contributed by atoms with E-state index in [2.05, 4.69) is 105 Å². The molecule has 0 bridgehead atoms. The molecule has 0 heterocycles. The Kier molecular flexibility index (Phi) is 9.81. The van der Waals surface area contributed by atoms with Crippen molar-refractivity contribution in [1.29, 1.82) is 0 Å². The molecule has 1 aromatic carbocycles. The van der Waals surface area contributed by atoms with E-state index < -0.39 is 16.6 Å². The van der Waals surface area contributed by atoms with Crippen LogP contribution in [0.4, 0.5) is 0 Å². The van der Waals surface area contributed by atoms with E-state index in [-0.39, 0.29) is 22.3 Å². The highest BCUT2D eigenvalue weighted by Crippen LogP contribution is 2.40. The molecular formula is C26H48O2Si2. The molecule has 0 spiro atoms. The summed E-state index contributed by atoms with van der Waals surface area (Å²) in [7, 11) is -3.71. The molecule has 30 heavy (non-hydrogen) atoms. The van der Waals surface area contributed by atoms with E-state index in [1.807, 2.05) is 6.08 Å². The predicted octanol–water partition coefficient (Wildman–Crippen LogP) is 8.37. The summed E-state index contributed by atoms with van der Waals surface area (Å²) in [6.45, 7) is 27.3. The van der Waals surface area contributed by atoms with Crippen LogP contribution in [0.1, 0.15) is 66.4 Å². The molecule has 0 fully saturated rings. The van der Waals surface area contributed by atoms with Crippen molar-refractivity contribution in [3.63, 3.8) is 0 Å². The number of hydrogen-bond acceptors (Lipinski definition) is 2. The summed E-state index contributed by atoms with van der Waals surface area (Å²) in [6, 6.07) is 10.8. The lowest BCUT2D eigenvalue weighted by Gasteiger charge is -2.42. The molecule has 0 aliphatic heterocycles. The first kappa shape index (κ1) is 27.3. The summed E-state index contributed by atoms with van der Waals surface area (Å²) in [5.74, 6) is 0. The van der Waals surface area contributed by atoms with Gasteiger partial charge in [-0.15, -0.1) is 6.58 Å². The second-order valence-electron chi connectivity index (χ2n) is 11.8. The van der Waals surface area contributed by atoms with Gasteiger partial charge in [0.25, 0.3) is 0 Å². The van der Waals surface area contributed by atoms with E-state index in [1.165, 1.54) is 5.56 Å². The Morgan fingerprint density at radius 3 is 1.73 bits per heavy atom. The van der Waals surface area contributed by atoms with Crippen molar-refractivity contribution in [3.8, 4) is 0 Å². The van der Waals surface area contributed by atoms with Crippen molar-refractivity contribution < 1.29 is 8.85 Å². The highest BCUT2D eigenvalue weighted by Gasteiger charge is 2.41. The van der Waals surface area contributed by atoms with Crippen LogP contribution in [-0.4, -0.2) is 28.8 Å². The van der Waals surface area contributed by atoms with Gasteiger partial charge in [-0.3, -0.25) is 0 Å². The molecule has 0 N–H and O–H groups in total. The minimum atomic E-state index is -1.86. The fourth-order valence-corrected chi connectivity index (χ4v) is 5.84. The van der Waals surface area contributed by atoms with Gasteiger partial charge in [0, 0.05) is 6.10 Å². The van der Waals surface area contributed by atoms with Gasteiger partial charge in [-0.2, -0.15) is 0 Å². The lowest BCUT2D eigenvalue weighted by atomic mass is 10.0. The topological polar surface area (TPSA) is 18.5 Å². The number of benzene rings is 1. The normalized spacial score (nSPS) is 15.7. The quantitative estimate of drug-likeness (QED) is 0.250. The summed E-state index contributed by atoms with van der Waals surface area (Å²) in [4.78, 5) is 0. The van der Waals surface area contributed by atoms with Crippen molar-refractivity contribution in [2.75, 3.05) is 0 Å². The van der Waals surface area contributed by atoms with E-state index in [4.69, 9.17) is 8.85 Å². The molecule has 0 aliphatic carbocycles. The molecule has 0 aliphatic rings. The van der Waals surface area contributed by atoms with Crippen molar-refractivity contribution in [1.82, 2.24) is 0 Å². The minimum Gasteiger partial charge on any atom is -0.414 e. The van der Waals surface area contributed by atoms with E-state index >= 15 is 0 Å². The highest BCUT2D eigenvalue weighted by molar-refractivity contribution is 6.74. The minimum absolute atomic E-state index is 0.175. The first-order valence-corrected chi connectivity index (χ1v) is 17.4. The molecule has 0 amide bonds. The maximum atomic E-state index is 6.94. The summed E-state index contributed by atoms with van der Waals surface area (Å²) < 4.78 is 13.8. The lowest BCUT2D eigenvalue weighted by molar-refractivity contribution is 0.0886. The van der Waals surface area contributed by atoms with Gasteiger partial charge < -0.3 is 8.85 Å². The zero-order valence-electron chi connectivity index (χ0n) is 21.5. The standard InChI is InChI=1S/C26H48O2Si2/c1-12-16-23(27-29(8,9)25(2,3)4)21-24(28-30(10,11)26(5,6)7)20-19-22-17-14-13-15-18-22/h12-15,17-18,23-24H,1,16,19-21H2,2-11H3/t23-,24+/m0/s1. The average molecular weight is 449 g/mol. The van der Waals surface area contributed by atoms with E-state index in [0.717, 1.165) is 25.7 Å². The average Bonchev–Trinajstić information content (AvgIpc) is 2.58. The van der Waals surface area contributed by atoms with Gasteiger partial charge >= 0.3 is 0 Å². The third-order valence-corrected chi connectivity index (χ3v) is 16.2. The molecule has 0 saturated carbocycles. The van der Waals surface area contributed by atoms with Crippen molar-refractivity contribution in [2.45, 2.75) is 116 Å². The first-order chi connectivity index (χ1) is 13.6. The molecule has 2 atom stereocenters. The lowest BCUT2D eigenvalue weighted by Crippen LogP contribution is -2.47. The number of rotatable bonds is 11. The van der Waals surface area contributed by atoms with Gasteiger partial charge in [0.15, 0.2) is 16.6 Å². The van der Waals surface area contributed by atoms with Gasteiger partial charge in [0.2, 0.25) is 0 Å². The van der Waals surface area contributed by atoms with Gasteiger partial charge in [-0.1, -0.05) is 78.0 Å². The van der Waals surface area contributed by atoms with Crippen LogP contribution in [0.25, 0.3) is 0 Å². The summed E-state index contributed by atoms with van der Waals surface area (Å²) in [5, 5.41) is 0.401. The molecule has 4 heteroatoms. The van der Waals surface area contributed by atoms with Gasteiger partial charge in [-0.05, 0) is 67.5 Å². The van der Waals surface area contributed by atoms with Crippen LogP contribution in [0.15, 0.2) is 43.0 Å². The van der Waals surface area contributed by atoms with Gasteiger partial charge in [0.05, 0.1) is 6.10 Å². The Hall–Kier alpha value is -0.686. The molecule has 0 radical (unpaired) electrons. The molecule has 2 nitrogen and oxygen atoms in total. The smallest absolute Gasteiger partial charge is 0.192 e. The summed E-state index contributed by atoms with van der Waals surface area (Å²) in [5.41, 5.74) is 1.38. The maximum absolute atomic E-state index is 6.94. The molecule has 0 aromatic heterocycles. The van der Waals surface area contributed by atoms with Gasteiger partial charge in [-0.25, -0.2) is 0 Å². The monoisotopic (exact) mass is 448 g/mol. The molecule has 172 valence electrons. The predicted molar refractivity (Wildman–Crippen MR) is 138 cm³/mol. The van der Waals surface area contributed by atoms with Crippen LogP contribution in [0.5, 0.6) is 0 Å². The molecule has 0 saturated heterocycles. The van der Waals surface area contributed by atoms with Crippen molar-refractivity contribution in [3.05, 3.63) is 48.6 Å². The Labute approximate surface area is 189 Å². The van der Waals surface area contributed by atoms with Crippen molar-refractivity contribution >= 4 is 16.6 Å². The van der Waals surface area contributed by atoms with Gasteiger partial charge in [0.1, 0.15) is 0 Å². The van der Waals surface area contributed by atoms with E-state index in [0.29, 0.717) is 0 Å². The third-order valence-electron chi connectivity index (χ3n) is 7.09. The van der Waals surface area contributed by atoms with Crippen LogP contribution in [0.3, 0.4) is 0 Å². The largest absolute Gasteiger partial charge is 0.414 e. The summed E-state index contributed by atoms with van der Waals surface area (Å²) >= 11 is 0. The summed E-state index contributed by atoms with van der Waals surface area (Å²) in [6.07, 6.45) is 6.30. The molecule has 1 aromatic rings. The molecule has 1 rings (SSSR count). The molecule has 0 unspecified atom stereocenters. The number of hydrogen-bond donors (Lipinski definition) is 0. The zero-order valence-corrected chi connectivity index (χ0v) is 23.5. The van der Waals surface area contributed by atoms with Crippen LogP contribution < -0.4 is 0 Å². The third kappa shape index (κ3) is 8.45. The molecular weight excluding hydrogens is 400 g/mol. The maximum Gasteiger partial charge on any atom is 0.192 e. The van der Waals surface area contributed by atoms with Crippen LogP contribution >= 0.6 is 0 Å². The Morgan fingerprint density at radius 2 is 1.30 bits per heavy atom. The fraction of sp³-hybridized carbons (Fsp3) is 0.692. The second kappa shape index (κ2) is 10.8. The van der Waals surface area contributed by atoms with Crippen LogP contribution in [-0.2, 0) is 15.3 Å². The fourth-order valence-electron chi connectivity index (χ4n) is 3.06. The second-order valence-corrected chi connectivity index (χ2v) is 21.3.